The highest BCUT2D eigenvalue weighted by atomic mass is 32.1. The van der Waals surface area contributed by atoms with Crippen LogP contribution >= 0.6 is 22.7 Å². The molecule has 0 unspecified atom stereocenters. The van der Waals surface area contributed by atoms with Crippen LogP contribution in [-0.2, 0) is 24.2 Å². The third kappa shape index (κ3) is 3.24. The summed E-state index contributed by atoms with van der Waals surface area (Å²) in [6.07, 6.45) is 2.01. The first-order valence-electron chi connectivity index (χ1n) is 9.48. The Morgan fingerprint density at radius 3 is 2.70 bits per heavy atom. The predicted molar refractivity (Wildman–Crippen MR) is 111 cm³/mol. The first-order valence-corrected chi connectivity index (χ1v) is 11.2. The lowest BCUT2D eigenvalue weighted by atomic mass is 9.98. The van der Waals surface area contributed by atoms with Crippen LogP contribution in [0.15, 0.2) is 53.2 Å². The van der Waals surface area contributed by atoms with Crippen molar-refractivity contribution in [2.45, 2.75) is 25.4 Å². The predicted octanol–water partition coefficient (Wildman–Crippen LogP) is 4.34. The first-order chi connectivity index (χ1) is 13.3. The molecule has 0 aliphatic carbocycles. The molecule has 2 aromatic heterocycles. The van der Waals surface area contributed by atoms with Crippen molar-refractivity contribution in [3.63, 3.8) is 0 Å². The molecule has 3 aromatic rings. The van der Waals surface area contributed by atoms with Crippen molar-refractivity contribution < 1.29 is 4.79 Å². The molecule has 5 rings (SSSR count). The Hall–Kier alpha value is -1.95. The monoisotopic (exact) mass is 394 g/mol. The number of hydrogen-bond donors (Lipinski definition) is 0. The third-order valence-electron chi connectivity index (χ3n) is 5.70. The minimum atomic E-state index is 0.223. The van der Waals surface area contributed by atoms with Crippen molar-refractivity contribution in [2.24, 2.45) is 0 Å². The van der Waals surface area contributed by atoms with Crippen LogP contribution in [0.25, 0.3) is 0 Å². The Morgan fingerprint density at radius 2 is 1.85 bits per heavy atom. The van der Waals surface area contributed by atoms with E-state index in [0.717, 1.165) is 32.5 Å². The first kappa shape index (κ1) is 17.2. The Kier molecular flexibility index (Phi) is 4.60. The molecule has 0 saturated carbocycles. The highest BCUT2D eigenvalue weighted by Gasteiger charge is 2.32. The molecule has 0 fully saturated rings. The fourth-order valence-corrected chi connectivity index (χ4v) is 6.08. The van der Waals surface area contributed by atoms with E-state index < -0.39 is 0 Å². The topological polar surface area (TPSA) is 23.6 Å². The summed E-state index contributed by atoms with van der Waals surface area (Å²) in [5.41, 5.74) is 4.08. The number of benzene rings is 1. The van der Waals surface area contributed by atoms with Crippen molar-refractivity contribution in [2.75, 3.05) is 19.6 Å². The summed E-state index contributed by atoms with van der Waals surface area (Å²) >= 11 is 3.64. The molecular formula is C22H22N2OS2. The molecule has 1 aromatic carbocycles. The van der Waals surface area contributed by atoms with Crippen molar-refractivity contribution >= 4 is 28.6 Å². The highest BCUT2D eigenvalue weighted by Crippen LogP contribution is 2.39. The van der Waals surface area contributed by atoms with Crippen LogP contribution in [0.1, 0.15) is 32.5 Å². The van der Waals surface area contributed by atoms with Gasteiger partial charge in [-0.25, -0.2) is 0 Å². The van der Waals surface area contributed by atoms with Gasteiger partial charge in [-0.15, -0.1) is 22.7 Å². The van der Waals surface area contributed by atoms with Crippen LogP contribution in [-0.4, -0.2) is 35.3 Å². The fourth-order valence-electron chi connectivity index (χ4n) is 4.30. The van der Waals surface area contributed by atoms with Crippen LogP contribution in [0.2, 0.25) is 0 Å². The highest BCUT2D eigenvalue weighted by molar-refractivity contribution is 7.10. The molecule has 1 atom stereocenters. The summed E-state index contributed by atoms with van der Waals surface area (Å²) in [7, 11) is 0. The van der Waals surface area contributed by atoms with Gasteiger partial charge in [0.2, 0.25) is 5.91 Å². The summed E-state index contributed by atoms with van der Waals surface area (Å²) in [5.74, 6) is 0.254. The number of fused-ring (bicyclic) bond motifs is 2. The molecule has 0 radical (unpaired) electrons. The van der Waals surface area contributed by atoms with E-state index in [1.54, 1.807) is 11.3 Å². The van der Waals surface area contributed by atoms with Gasteiger partial charge >= 0.3 is 0 Å². The van der Waals surface area contributed by atoms with E-state index in [0.29, 0.717) is 6.54 Å². The van der Waals surface area contributed by atoms with Crippen LogP contribution in [0.4, 0.5) is 0 Å². The molecule has 1 amide bonds. The number of hydrogen-bond acceptors (Lipinski definition) is 4. The minimum Gasteiger partial charge on any atom is -0.337 e. The lowest BCUT2D eigenvalue weighted by Crippen LogP contribution is -2.45. The summed E-state index contributed by atoms with van der Waals surface area (Å²) in [6.45, 7) is 3.03. The molecule has 138 valence electrons. The van der Waals surface area contributed by atoms with Crippen LogP contribution in [0.3, 0.4) is 0 Å². The molecule has 0 bridgehead atoms. The van der Waals surface area contributed by atoms with E-state index in [4.69, 9.17) is 0 Å². The molecule has 27 heavy (non-hydrogen) atoms. The van der Waals surface area contributed by atoms with E-state index in [1.165, 1.54) is 26.4 Å². The van der Waals surface area contributed by atoms with Crippen LogP contribution in [0, 0.1) is 0 Å². The van der Waals surface area contributed by atoms with Gasteiger partial charge in [-0.1, -0.05) is 30.3 Å². The quantitative estimate of drug-likeness (QED) is 0.660. The fraction of sp³-hybridized carbons (Fsp3) is 0.318. The number of carbonyl (C=O) groups excluding carboxylic acids is 1. The van der Waals surface area contributed by atoms with E-state index in [1.807, 2.05) is 16.2 Å². The minimum absolute atomic E-state index is 0.223. The summed E-state index contributed by atoms with van der Waals surface area (Å²) in [5, 5.41) is 4.33. The van der Waals surface area contributed by atoms with Crippen molar-refractivity contribution in [1.82, 2.24) is 9.80 Å². The molecule has 5 heteroatoms. The maximum absolute atomic E-state index is 13.1. The Morgan fingerprint density at radius 1 is 0.963 bits per heavy atom. The van der Waals surface area contributed by atoms with Gasteiger partial charge in [-0.3, -0.25) is 9.69 Å². The van der Waals surface area contributed by atoms with E-state index in [2.05, 4.69) is 58.1 Å². The van der Waals surface area contributed by atoms with Crippen LogP contribution < -0.4 is 0 Å². The molecule has 4 heterocycles. The normalized spacial score (nSPS) is 19.6. The number of thiophene rings is 2. The van der Waals surface area contributed by atoms with E-state index >= 15 is 0 Å². The zero-order chi connectivity index (χ0) is 18.2. The zero-order valence-corrected chi connectivity index (χ0v) is 16.8. The zero-order valence-electron chi connectivity index (χ0n) is 15.1. The standard InChI is InChI=1S/C22H22N2OS2/c25-21(23-10-7-16-4-1-2-5-17(16)14-23)15-24-11-8-19-18(9-13-27-19)22(24)20-6-3-12-26-20/h1-6,9,12-13,22H,7-8,10-11,14-15H2/t22-/m0/s1. The molecule has 3 nitrogen and oxygen atoms in total. The van der Waals surface area contributed by atoms with Gasteiger partial charge in [0.05, 0.1) is 12.6 Å². The SMILES string of the molecule is O=C(CN1CCc2sccc2[C@H]1c1cccs1)N1CCc2ccccc2C1. The third-order valence-corrected chi connectivity index (χ3v) is 7.62. The van der Waals surface area contributed by atoms with Gasteiger partial charge in [0.1, 0.15) is 0 Å². The maximum atomic E-state index is 13.1. The second-order valence-corrected chi connectivity index (χ2v) is 9.25. The Balaban J connectivity index is 1.36. The van der Waals surface area contributed by atoms with E-state index in [9.17, 15) is 4.79 Å². The van der Waals surface area contributed by atoms with Gasteiger partial charge in [-0.05, 0) is 52.4 Å². The largest absolute Gasteiger partial charge is 0.337 e. The van der Waals surface area contributed by atoms with Gasteiger partial charge in [0.15, 0.2) is 0 Å². The molecule has 2 aliphatic rings. The van der Waals surface area contributed by atoms with E-state index in [-0.39, 0.29) is 11.9 Å². The summed E-state index contributed by atoms with van der Waals surface area (Å²) in [6, 6.07) is 15.3. The number of rotatable bonds is 3. The van der Waals surface area contributed by atoms with Crippen molar-refractivity contribution in [3.05, 3.63) is 79.7 Å². The van der Waals surface area contributed by atoms with Crippen LogP contribution in [0.5, 0.6) is 0 Å². The smallest absolute Gasteiger partial charge is 0.237 e. The van der Waals surface area contributed by atoms with Gasteiger partial charge in [0.25, 0.3) is 0 Å². The second kappa shape index (κ2) is 7.23. The second-order valence-electron chi connectivity index (χ2n) is 7.27. The molecule has 2 aliphatic heterocycles. The molecule has 0 spiro atoms. The number of carbonyl (C=O) groups is 1. The molecule has 0 saturated heterocycles. The summed E-state index contributed by atoms with van der Waals surface area (Å²) < 4.78 is 0. The Bertz CT molecular complexity index is 947. The average Bonchev–Trinajstić information content (AvgIpc) is 3.39. The lowest BCUT2D eigenvalue weighted by Gasteiger charge is -2.37. The Labute approximate surface area is 167 Å². The number of nitrogens with zero attached hydrogens (tertiary/aromatic N) is 2. The van der Waals surface area contributed by atoms with Gasteiger partial charge in [0, 0.05) is 29.4 Å². The van der Waals surface area contributed by atoms with Gasteiger partial charge in [-0.2, -0.15) is 0 Å². The average molecular weight is 395 g/mol. The number of amides is 1. The molecular weight excluding hydrogens is 372 g/mol. The maximum Gasteiger partial charge on any atom is 0.237 e. The van der Waals surface area contributed by atoms with Gasteiger partial charge < -0.3 is 4.90 Å². The van der Waals surface area contributed by atoms with Crippen molar-refractivity contribution in [1.29, 1.82) is 0 Å². The van der Waals surface area contributed by atoms with Crippen molar-refractivity contribution in [3.8, 4) is 0 Å². The molecule has 0 N–H and O–H groups in total. The summed E-state index contributed by atoms with van der Waals surface area (Å²) in [4.78, 5) is 20.4. The lowest BCUT2D eigenvalue weighted by molar-refractivity contribution is -0.133.